The highest BCUT2D eigenvalue weighted by Crippen LogP contribution is 2.37. The molecule has 0 radical (unpaired) electrons. The topological polar surface area (TPSA) is 53.3 Å². The van der Waals surface area contributed by atoms with E-state index in [0.29, 0.717) is 18.1 Å². The molecule has 0 bridgehead atoms. The van der Waals surface area contributed by atoms with Crippen molar-refractivity contribution in [2.45, 2.75) is 31.8 Å². The smallest absolute Gasteiger partial charge is 0.0918 e. The van der Waals surface area contributed by atoms with Crippen molar-refractivity contribution in [2.24, 2.45) is 0 Å². The molecule has 0 aromatic heterocycles. The van der Waals surface area contributed by atoms with Crippen molar-refractivity contribution in [1.29, 1.82) is 0 Å². The summed E-state index contributed by atoms with van der Waals surface area (Å²) in [5, 5.41) is 8.08. The highest BCUT2D eigenvalue weighted by molar-refractivity contribution is 6.33. The van der Waals surface area contributed by atoms with Crippen molar-refractivity contribution >= 4 is 28.9 Å². The first-order valence-corrected chi connectivity index (χ1v) is 10.6. The molecular weight excluding hydrogens is 403 g/mol. The number of likely N-dealkylation sites (tertiary alicyclic amines) is 1. The fourth-order valence-corrected chi connectivity index (χ4v) is 4.04. The molecule has 1 saturated heterocycles. The number of halogens is 2. The van der Waals surface area contributed by atoms with Gasteiger partial charge in [-0.05, 0) is 60.7 Å². The second-order valence-corrected chi connectivity index (χ2v) is 8.21. The molecule has 2 aromatic carbocycles. The Morgan fingerprint density at radius 1 is 1.07 bits per heavy atom. The minimum atomic E-state index is 0.195. The van der Waals surface area contributed by atoms with Crippen molar-refractivity contribution in [2.75, 3.05) is 18.8 Å². The van der Waals surface area contributed by atoms with Crippen LogP contribution in [0.4, 0.5) is 5.69 Å². The Bertz CT molecular complexity index is 864. The van der Waals surface area contributed by atoms with Gasteiger partial charge in [-0.2, -0.15) is 0 Å². The van der Waals surface area contributed by atoms with Crippen molar-refractivity contribution in [3.63, 3.8) is 0 Å². The summed E-state index contributed by atoms with van der Waals surface area (Å²) in [6.07, 6.45) is 3.35. The summed E-state index contributed by atoms with van der Waals surface area (Å²) in [6.45, 7) is 10.6. The molecule has 0 saturated carbocycles. The van der Waals surface area contributed by atoms with Gasteiger partial charge in [0.1, 0.15) is 0 Å². The molecule has 3 rings (SSSR count). The third kappa shape index (κ3) is 5.84. The van der Waals surface area contributed by atoms with E-state index in [-0.39, 0.29) is 6.04 Å². The maximum atomic E-state index is 6.47. The number of nitrogens with one attached hydrogen (secondary N) is 2. The Balaban J connectivity index is 1.56. The highest BCUT2D eigenvalue weighted by Gasteiger charge is 2.26. The fraction of sp³-hybridized carbons (Fsp3) is 0.304. The van der Waals surface area contributed by atoms with Crippen molar-refractivity contribution in [1.82, 2.24) is 15.5 Å². The Kier molecular flexibility index (Phi) is 7.34. The van der Waals surface area contributed by atoms with Gasteiger partial charge in [-0.3, -0.25) is 0 Å². The van der Waals surface area contributed by atoms with Crippen LogP contribution >= 0.6 is 23.2 Å². The van der Waals surface area contributed by atoms with Crippen LogP contribution < -0.4 is 16.4 Å². The lowest BCUT2D eigenvalue weighted by atomic mass is 9.94. The van der Waals surface area contributed by atoms with Crippen LogP contribution in [0, 0.1) is 0 Å². The predicted molar refractivity (Wildman–Crippen MR) is 124 cm³/mol. The largest absolute Gasteiger partial charge is 0.399 e. The van der Waals surface area contributed by atoms with Gasteiger partial charge in [0.05, 0.1) is 18.4 Å². The van der Waals surface area contributed by atoms with Crippen LogP contribution in [0.25, 0.3) is 0 Å². The molecule has 4 N–H and O–H groups in total. The van der Waals surface area contributed by atoms with Gasteiger partial charge in [-0.25, -0.2) is 0 Å². The lowest BCUT2D eigenvalue weighted by Crippen LogP contribution is -2.37. The molecule has 6 heteroatoms. The van der Waals surface area contributed by atoms with E-state index in [4.69, 9.17) is 28.9 Å². The number of anilines is 1. The molecule has 29 heavy (non-hydrogen) atoms. The second kappa shape index (κ2) is 9.95. The van der Waals surface area contributed by atoms with Crippen LogP contribution in [0.3, 0.4) is 0 Å². The van der Waals surface area contributed by atoms with Gasteiger partial charge in [0.2, 0.25) is 0 Å². The summed E-state index contributed by atoms with van der Waals surface area (Å²) < 4.78 is 0. The molecule has 0 amide bonds. The monoisotopic (exact) mass is 430 g/mol. The average Bonchev–Trinajstić information content (AvgIpc) is 2.73. The lowest BCUT2D eigenvalue weighted by molar-refractivity contribution is 0.193. The van der Waals surface area contributed by atoms with Crippen LogP contribution in [0.2, 0.25) is 10.0 Å². The number of piperidine rings is 1. The molecule has 4 nitrogen and oxygen atoms in total. The number of nitrogens with two attached hydrogens (primary N) is 1. The van der Waals surface area contributed by atoms with Crippen molar-refractivity contribution in [3.05, 3.63) is 88.3 Å². The molecule has 0 spiro atoms. The van der Waals surface area contributed by atoms with Gasteiger partial charge < -0.3 is 21.3 Å². The first-order valence-electron chi connectivity index (χ1n) is 9.84. The van der Waals surface area contributed by atoms with Crippen molar-refractivity contribution < 1.29 is 0 Å². The standard InChI is InChI=1S/C23H28Cl2N4/c1-16(14-27-17(2)28-15-18-6-9-20(26)10-7-18)29-12-4-3-5-23(29)21-13-19(24)8-11-22(21)25/h6-11,13,23,27-28H,1-5,12,14-15,26H2. The number of benzene rings is 2. The van der Waals surface area contributed by atoms with E-state index >= 15 is 0 Å². The van der Waals surface area contributed by atoms with E-state index < -0.39 is 0 Å². The first-order chi connectivity index (χ1) is 13.9. The Labute approximate surface area is 183 Å². The van der Waals surface area contributed by atoms with Crippen LogP contribution in [0.5, 0.6) is 0 Å². The molecule has 0 aliphatic carbocycles. The van der Waals surface area contributed by atoms with Crippen molar-refractivity contribution in [3.8, 4) is 0 Å². The summed E-state index contributed by atoms with van der Waals surface area (Å²) in [6, 6.07) is 13.7. The van der Waals surface area contributed by atoms with Gasteiger partial charge in [-0.1, -0.05) is 48.5 Å². The molecule has 2 aromatic rings. The van der Waals surface area contributed by atoms with E-state index in [1.807, 2.05) is 42.5 Å². The molecule has 1 fully saturated rings. The fourth-order valence-electron chi connectivity index (χ4n) is 3.62. The third-order valence-electron chi connectivity index (χ3n) is 5.22. The minimum Gasteiger partial charge on any atom is -0.399 e. The summed E-state index contributed by atoms with van der Waals surface area (Å²) in [4.78, 5) is 2.33. The van der Waals surface area contributed by atoms with Gasteiger partial charge in [0.25, 0.3) is 0 Å². The summed E-state index contributed by atoms with van der Waals surface area (Å²) in [5.74, 6) is 0.761. The molecule has 1 aliphatic rings. The molecule has 1 aliphatic heterocycles. The van der Waals surface area contributed by atoms with Gasteiger partial charge in [0.15, 0.2) is 0 Å². The average molecular weight is 431 g/mol. The summed E-state index contributed by atoms with van der Waals surface area (Å²) in [5.41, 5.74) is 9.72. The van der Waals surface area contributed by atoms with E-state index in [0.717, 1.165) is 52.7 Å². The SMILES string of the molecule is C=C(NCC(=C)N1CCCCC1c1cc(Cl)ccc1Cl)NCc1ccc(N)cc1. The normalized spacial score (nSPS) is 16.3. The Hall–Kier alpha value is -2.30. The van der Waals surface area contributed by atoms with Crippen LogP contribution in [0.1, 0.15) is 36.4 Å². The summed E-state index contributed by atoms with van der Waals surface area (Å²) in [7, 11) is 0. The molecule has 1 heterocycles. The van der Waals surface area contributed by atoms with Crippen LogP contribution in [-0.4, -0.2) is 18.0 Å². The summed E-state index contributed by atoms with van der Waals surface area (Å²) >= 11 is 12.7. The molecule has 1 unspecified atom stereocenters. The first kappa shape index (κ1) is 21.4. The van der Waals surface area contributed by atoms with Crippen LogP contribution in [-0.2, 0) is 6.54 Å². The number of nitrogen functional groups attached to an aromatic ring is 1. The van der Waals surface area contributed by atoms with Crippen LogP contribution in [0.15, 0.2) is 67.1 Å². The highest BCUT2D eigenvalue weighted by atomic mass is 35.5. The quantitative estimate of drug-likeness (QED) is 0.486. The second-order valence-electron chi connectivity index (χ2n) is 7.36. The lowest BCUT2D eigenvalue weighted by Gasteiger charge is -2.39. The third-order valence-corrected chi connectivity index (χ3v) is 5.80. The van der Waals surface area contributed by atoms with Gasteiger partial charge in [0, 0.05) is 34.5 Å². The number of rotatable bonds is 8. The zero-order valence-electron chi connectivity index (χ0n) is 16.6. The maximum absolute atomic E-state index is 6.47. The minimum absolute atomic E-state index is 0.195. The van der Waals surface area contributed by atoms with Gasteiger partial charge >= 0.3 is 0 Å². The molecular formula is C23H28Cl2N4. The number of hydrogen-bond acceptors (Lipinski definition) is 4. The van der Waals surface area contributed by atoms with E-state index in [9.17, 15) is 0 Å². The predicted octanol–water partition coefficient (Wildman–Crippen LogP) is 5.47. The molecule has 154 valence electrons. The maximum Gasteiger partial charge on any atom is 0.0918 e. The van der Waals surface area contributed by atoms with E-state index in [1.165, 1.54) is 6.42 Å². The zero-order chi connectivity index (χ0) is 20.8. The molecule has 1 atom stereocenters. The van der Waals surface area contributed by atoms with Gasteiger partial charge in [-0.15, -0.1) is 0 Å². The van der Waals surface area contributed by atoms with E-state index in [1.54, 1.807) is 0 Å². The number of hydrogen-bond donors (Lipinski definition) is 3. The van der Waals surface area contributed by atoms with E-state index in [2.05, 4.69) is 28.7 Å². The Morgan fingerprint density at radius 3 is 2.59 bits per heavy atom. The zero-order valence-corrected chi connectivity index (χ0v) is 18.1. The number of nitrogens with zero attached hydrogens (tertiary/aromatic N) is 1. The Morgan fingerprint density at radius 2 is 1.83 bits per heavy atom.